The zero-order valence-corrected chi connectivity index (χ0v) is 13.7. The zero-order valence-electron chi connectivity index (χ0n) is 12.9. The van der Waals surface area contributed by atoms with E-state index in [1.54, 1.807) is 12.1 Å². The van der Waals surface area contributed by atoms with E-state index in [9.17, 15) is 4.39 Å². The topological polar surface area (TPSA) is 27.3 Å². The molecule has 0 atom stereocenters. The summed E-state index contributed by atoms with van der Waals surface area (Å²) in [6.07, 6.45) is 2.57. The summed E-state index contributed by atoms with van der Waals surface area (Å²) in [5.41, 5.74) is 3.24. The van der Waals surface area contributed by atoms with Crippen molar-refractivity contribution < 1.29 is 4.39 Å². The molecular formula is C18H20FN3S. The molecule has 3 nitrogen and oxygen atoms in total. The first-order chi connectivity index (χ1) is 11.2. The molecule has 5 heteroatoms. The highest BCUT2D eigenvalue weighted by atomic mass is 32.1. The summed E-state index contributed by atoms with van der Waals surface area (Å²) in [5.74, 6) is -0.257. The van der Waals surface area contributed by atoms with Crippen molar-refractivity contribution in [1.82, 2.24) is 5.32 Å². The Bertz CT molecular complexity index is 649. The summed E-state index contributed by atoms with van der Waals surface area (Å²) in [6.45, 7) is 2.97. The van der Waals surface area contributed by atoms with Gasteiger partial charge in [-0.2, -0.15) is 0 Å². The molecule has 0 bridgehead atoms. The Kier molecular flexibility index (Phi) is 5.08. The number of nitrogens with one attached hydrogen (secondary N) is 2. The second-order valence-corrected chi connectivity index (χ2v) is 6.08. The molecule has 1 aliphatic heterocycles. The molecule has 0 spiro atoms. The van der Waals surface area contributed by atoms with Crippen molar-refractivity contribution in [3.05, 3.63) is 59.9 Å². The standard InChI is InChI=1S/C18H20FN3S/c19-15-5-7-16(8-6-15)21-18(23)20-13-14-3-9-17(10-4-14)22-11-1-2-12-22/h3-10H,1-2,11-13H2,(H2,20,21,23). The summed E-state index contributed by atoms with van der Waals surface area (Å²) < 4.78 is 12.9. The molecule has 1 heterocycles. The predicted molar refractivity (Wildman–Crippen MR) is 97.3 cm³/mol. The second kappa shape index (κ2) is 7.42. The van der Waals surface area contributed by atoms with E-state index in [0.29, 0.717) is 11.7 Å². The van der Waals surface area contributed by atoms with Crippen molar-refractivity contribution in [2.45, 2.75) is 19.4 Å². The minimum atomic E-state index is -0.257. The van der Waals surface area contributed by atoms with E-state index in [1.807, 2.05) is 0 Å². The van der Waals surface area contributed by atoms with Crippen LogP contribution in [0.15, 0.2) is 48.5 Å². The van der Waals surface area contributed by atoms with Crippen molar-refractivity contribution in [3.63, 3.8) is 0 Å². The van der Waals surface area contributed by atoms with Crippen LogP contribution in [0.2, 0.25) is 0 Å². The Morgan fingerprint density at radius 2 is 1.65 bits per heavy atom. The van der Waals surface area contributed by atoms with E-state index in [-0.39, 0.29) is 5.82 Å². The van der Waals surface area contributed by atoms with Gasteiger partial charge in [0.15, 0.2) is 5.11 Å². The van der Waals surface area contributed by atoms with Gasteiger partial charge in [0, 0.05) is 31.0 Å². The first-order valence-corrected chi connectivity index (χ1v) is 8.26. The van der Waals surface area contributed by atoms with E-state index < -0.39 is 0 Å². The van der Waals surface area contributed by atoms with Crippen LogP contribution < -0.4 is 15.5 Å². The molecule has 2 N–H and O–H groups in total. The van der Waals surface area contributed by atoms with Gasteiger partial charge in [-0.1, -0.05) is 12.1 Å². The van der Waals surface area contributed by atoms with Gasteiger partial charge < -0.3 is 15.5 Å². The largest absolute Gasteiger partial charge is 0.372 e. The van der Waals surface area contributed by atoms with Crippen molar-refractivity contribution in [2.24, 2.45) is 0 Å². The van der Waals surface area contributed by atoms with Gasteiger partial charge in [-0.25, -0.2) is 4.39 Å². The van der Waals surface area contributed by atoms with Crippen molar-refractivity contribution in [2.75, 3.05) is 23.3 Å². The van der Waals surface area contributed by atoms with Gasteiger partial charge in [0.25, 0.3) is 0 Å². The van der Waals surface area contributed by atoms with Gasteiger partial charge in [0.05, 0.1) is 0 Å². The van der Waals surface area contributed by atoms with Gasteiger partial charge in [-0.05, 0) is 67.0 Å². The lowest BCUT2D eigenvalue weighted by Gasteiger charge is -2.18. The van der Waals surface area contributed by atoms with Gasteiger partial charge in [-0.15, -0.1) is 0 Å². The minimum absolute atomic E-state index is 0.257. The minimum Gasteiger partial charge on any atom is -0.372 e. The molecule has 0 unspecified atom stereocenters. The maximum Gasteiger partial charge on any atom is 0.171 e. The number of rotatable bonds is 4. The SMILES string of the molecule is Fc1ccc(NC(=S)NCc2ccc(N3CCCC3)cc2)cc1. The smallest absolute Gasteiger partial charge is 0.171 e. The monoisotopic (exact) mass is 329 g/mol. The van der Waals surface area contributed by atoms with E-state index >= 15 is 0 Å². The number of halogens is 1. The molecule has 2 aromatic rings. The highest BCUT2D eigenvalue weighted by molar-refractivity contribution is 7.80. The lowest BCUT2D eigenvalue weighted by atomic mass is 10.2. The van der Waals surface area contributed by atoms with Crippen LogP contribution >= 0.6 is 12.2 Å². The molecule has 120 valence electrons. The molecule has 23 heavy (non-hydrogen) atoms. The summed E-state index contributed by atoms with van der Waals surface area (Å²) in [4.78, 5) is 2.41. The summed E-state index contributed by atoms with van der Waals surface area (Å²) in [5, 5.41) is 6.73. The molecule has 3 rings (SSSR count). The Morgan fingerprint density at radius 1 is 1.00 bits per heavy atom. The van der Waals surface area contributed by atoms with Crippen LogP contribution in [0.5, 0.6) is 0 Å². The number of anilines is 2. The van der Waals surface area contributed by atoms with Gasteiger partial charge in [0.2, 0.25) is 0 Å². The maximum atomic E-state index is 12.9. The second-order valence-electron chi connectivity index (χ2n) is 5.68. The molecular weight excluding hydrogens is 309 g/mol. The van der Waals surface area contributed by atoms with Crippen LogP contribution in [0.4, 0.5) is 15.8 Å². The molecule has 0 amide bonds. The lowest BCUT2D eigenvalue weighted by molar-refractivity contribution is 0.628. The molecule has 0 saturated carbocycles. The first kappa shape index (κ1) is 15.7. The quantitative estimate of drug-likeness (QED) is 0.832. The number of benzene rings is 2. The third-order valence-electron chi connectivity index (χ3n) is 3.96. The highest BCUT2D eigenvalue weighted by Gasteiger charge is 2.11. The summed E-state index contributed by atoms with van der Waals surface area (Å²) in [6, 6.07) is 14.7. The van der Waals surface area contributed by atoms with Crippen LogP contribution in [-0.4, -0.2) is 18.2 Å². The van der Waals surface area contributed by atoms with Crippen molar-refractivity contribution >= 4 is 28.7 Å². The average molecular weight is 329 g/mol. The van der Waals surface area contributed by atoms with Crippen LogP contribution in [0.3, 0.4) is 0 Å². The third kappa shape index (κ3) is 4.42. The van der Waals surface area contributed by atoms with Gasteiger partial charge in [0.1, 0.15) is 5.82 Å². The molecule has 1 fully saturated rings. The van der Waals surface area contributed by atoms with E-state index in [0.717, 1.165) is 18.8 Å². The number of thiocarbonyl (C=S) groups is 1. The molecule has 0 radical (unpaired) electrons. The van der Waals surface area contributed by atoms with Crippen molar-refractivity contribution in [3.8, 4) is 0 Å². The number of nitrogens with zero attached hydrogens (tertiary/aromatic N) is 1. The Balaban J connectivity index is 1.49. The fraction of sp³-hybridized carbons (Fsp3) is 0.278. The zero-order chi connectivity index (χ0) is 16.1. The van der Waals surface area contributed by atoms with Crippen molar-refractivity contribution in [1.29, 1.82) is 0 Å². The maximum absolute atomic E-state index is 12.9. The Labute approximate surface area is 141 Å². The molecule has 2 aromatic carbocycles. The van der Waals surface area contributed by atoms with E-state index in [2.05, 4.69) is 39.8 Å². The van der Waals surface area contributed by atoms with Gasteiger partial charge >= 0.3 is 0 Å². The number of hydrogen-bond donors (Lipinski definition) is 2. The van der Waals surface area contributed by atoms with E-state index in [1.165, 1.54) is 36.2 Å². The molecule has 1 saturated heterocycles. The van der Waals surface area contributed by atoms with Gasteiger partial charge in [-0.3, -0.25) is 0 Å². The first-order valence-electron chi connectivity index (χ1n) is 7.85. The molecule has 0 aromatic heterocycles. The highest BCUT2D eigenvalue weighted by Crippen LogP contribution is 2.20. The summed E-state index contributed by atoms with van der Waals surface area (Å²) in [7, 11) is 0. The predicted octanol–water partition coefficient (Wildman–Crippen LogP) is 3.91. The van der Waals surface area contributed by atoms with Crippen LogP contribution in [0.25, 0.3) is 0 Å². The summed E-state index contributed by atoms with van der Waals surface area (Å²) >= 11 is 5.26. The number of hydrogen-bond acceptors (Lipinski definition) is 2. The lowest BCUT2D eigenvalue weighted by Crippen LogP contribution is -2.27. The molecule has 0 aliphatic carbocycles. The Hall–Kier alpha value is -2.14. The Morgan fingerprint density at radius 3 is 2.30 bits per heavy atom. The fourth-order valence-electron chi connectivity index (χ4n) is 2.69. The average Bonchev–Trinajstić information content (AvgIpc) is 3.10. The molecule has 1 aliphatic rings. The fourth-order valence-corrected chi connectivity index (χ4v) is 2.88. The van der Waals surface area contributed by atoms with Crippen LogP contribution in [0, 0.1) is 5.82 Å². The van der Waals surface area contributed by atoms with Crippen LogP contribution in [0.1, 0.15) is 18.4 Å². The van der Waals surface area contributed by atoms with E-state index in [4.69, 9.17) is 12.2 Å². The van der Waals surface area contributed by atoms with Crippen LogP contribution in [-0.2, 0) is 6.54 Å². The third-order valence-corrected chi connectivity index (χ3v) is 4.21. The normalized spacial score (nSPS) is 13.9.